The first-order valence-electron chi connectivity index (χ1n) is 5.72. The zero-order valence-electron chi connectivity index (χ0n) is 9.75. The van der Waals surface area contributed by atoms with E-state index in [0.29, 0.717) is 6.04 Å². The number of rotatable bonds is 5. The van der Waals surface area contributed by atoms with Gasteiger partial charge in [-0.05, 0) is 19.4 Å². The van der Waals surface area contributed by atoms with Crippen molar-refractivity contribution in [1.29, 1.82) is 0 Å². The van der Waals surface area contributed by atoms with Crippen molar-refractivity contribution >= 4 is 0 Å². The topological polar surface area (TPSA) is 24.5 Å². The summed E-state index contributed by atoms with van der Waals surface area (Å²) in [4.78, 5) is 2.50. The summed E-state index contributed by atoms with van der Waals surface area (Å²) in [6, 6.07) is 0.588. The highest BCUT2D eigenvalue weighted by atomic mass is 16.5. The predicted octanol–water partition coefficient (Wildman–Crippen LogP) is 0.953. The Balaban J connectivity index is 2.04. The van der Waals surface area contributed by atoms with Crippen LogP contribution in [0, 0.1) is 5.92 Å². The second-order valence-electron chi connectivity index (χ2n) is 4.56. The van der Waals surface area contributed by atoms with Gasteiger partial charge < -0.3 is 10.1 Å². The molecule has 1 fully saturated rings. The average molecular weight is 200 g/mol. The maximum absolute atomic E-state index is 5.39. The van der Waals surface area contributed by atoms with Crippen molar-refractivity contribution in [3.05, 3.63) is 0 Å². The van der Waals surface area contributed by atoms with Gasteiger partial charge in [0.05, 0.1) is 13.2 Å². The molecule has 1 N–H and O–H groups in total. The van der Waals surface area contributed by atoms with Gasteiger partial charge >= 0.3 is 0 Å². The third kappa shape index (κ3) is 4.40. The molecule has 3 heteroatoms. The van der Waals surface area contributed by atoms with Gasteiger partial charge in [-0.15, -0.1) is 0 Å². The highest BCUT2D eigenvalue weighted by molar-refractivity contribution is 4.71. The van der Waals surface area contributed by atoms with Gasteiger partial charge in [-0.25, -0.2) is 0 Å². The van der Waals surface area contributed by atoms with Gasteiger partial charge in [0, 0.05) is 25.7 Å². The third-order valence-electron chi connectivity index (χ3n) is 2.63. The first-order chi connectivity index (χ1) is 6.70. The van der Waals surface area contributed by atoms with E-state index in [0.717, 1.165) is 45.3 Å². The molecule has 3 nitrogen and oxygen atoms in total. The number of nitrogens with zero attached hydrogens (tertiary/aromatic N) is 1. The quantitative estimate of drug-likeness (QED) is 0.669. The van der Waals surface area contributed by atoms with Crippen molar-refractivity contribution in [2.75, 3.05) is 39.4 Å². The molecule has 14 heavy (non-hydrogen) atoms. The summed E-state index contributed by atoms with van der Waals surface area (Å²) >= 11 is 0. The molecule has 0 amide bonds. The van der Waals surface area contributed by atoms with Crippen LogP contribution < -0.4 is 5.32 Å². The lowest BCUT2D eigenvalue weighted by Gasteiger charge is -2.33. The van der Waals surface area contributed by atoms with Crippen molar-refractivity contribution in [1.82, 2.24) is 10.2 Å². The van der Waals surface area contributed by atoms with Crippen LogP contribution in [0.4, 0.5) is 0 Å². The molecule has 1 aliphatic heterocycles. The minimum atomic E-state index is 0.588. The van der Waals surface area contributed by atoms with E-state index >= 15 is 0 Å². The lowest BCUT2D eigenvalue weighted by molar-refractivity contribution is 0.000393. The predicted molar refractivity (Wildman–Crippen MR) is 59.6 cm³/mol. The summed E-state index contributed by atoms with van der Waals surface area (Å²) in [7, 11) is 0. The minimum Gasteiger partial charge on any atom is -0.379 e. The van der Waals surface area contributed by atoms with Gasteiger partial charge in [-0.3, -0.25) is 4.90 Å². The van der Waals surface area contributed by atoms with Crippen molar-refractivity contribution in [2.24, 2.45) is 5.92 Å². The first-order valence-corrected chi connectivity index (χ1v) is 5.72. The second-order valence-corrected chi connectivity index (χ2v) is 4.56. The molecule has 1 saturated heterocycles. The Labute approximate surface area is 87.8 Å². The van der Waals surface area contributed by atoms with E-state index in [4.69, 9.17) is 4.74 Å². The molecule has 0 saturated carbocycles. The molecule has 0 aromatic carbocycles. The standard InChI is InChI=1S/C11H24N2O/c1-10(2)8-12-4-5-13-6-7-14-9-11(13)3/h10-12H,4-9H2,1-3H3. The molecule has 1 unspecified atom stereocenters. The molecule has 0 aromatic rings. The Morgan fingerprint density at radius 1 is 1.50 bits per heavy atom. The van der Waals surface area contributed by atoms with E-state index in [1.54, 1.807) is 0 Å². The van der Waals surface area contributed by atoms with Crippen molar-refractivity contribution < 1.29 is 4.74 Å². The third-order valence-corrected chi connectivity index (χ3v) is 2.63. The lowest BCUT2D eigenvalue weighted by Crippen LogP contribution is -2.46. The van der Waals surface area contributed by atoms with Crippen LogP contribution in [0.1, 0.15) is 20.8 Å². The largest absolute Gasteiger partial charge is 0.379 e. The zero-order valence-corrected chi connectivity index (χ0v) is 9.75. The molecule has 1 aliphatic rings. The summed E-state index contributed by atoms with van der Waals surface area (Å²) in [6.45, 7) is 13.0. The molecule has 0 spiro atoms. The number of morpholine rings is 1. The van der Waals surface area contributed by atoms with Crippen molar-refractivity contribution in [3.8, 4) is 0 Å². The summed E-state index contributed by atoms with van der Waals surface area (Å²) in [6.07, 6.45) is 0. The monoisotopic (exact) mass is 200 g/mol. The second kappa shape index (κ2) is 6.38. The van der Waals surface area contributed by atoms with E-state index in [1.807, 2.05) is 0 Å². The Morgan fingerprint density at radius 2 is 2.29 bits per heavy atom. The van der Waals surface area contributed by atoms with E-state index in [2.05, 4.69) is 31.0 Å². The molecule has 1 rings (SSSR count). The van der Waals surface area contributed by atoms with E-state index < -0.39 is 0 Å². The van der Waals surface area contributed by atoms with Crippen LogP contribution in [0.2, 0.25) is 0 Å². The van der Waals surface area contributed by atoms with Crippen molar-refractivity contribution in [3.63, 3.8) is 0 Å². The fourth-order valence-electron chi connectivity index (χ4n) is 1.71. The van der Waals surface area contributed by atoms with E-state index in [1.165, 1.54) is 0 Å². The summed E-state index contributed by atoms with van der Waals surface area (Å²) in [5.74, 6) is 0.747. The molecule has 0 aromatic heterocycles. The van der Waals surface area contributed by atoms with Gasteiger partial charge in [0.1, 0.15) is 0 Å². The van der Waals surface area contributed by atoms with Crippen LogP contribution >= 0.6 is 0 Å². The highest BCUT2D eigenvalue weighted by Crippen LogP contribution is 2.04. The van der Waals surface area contributed by atoms with Crippen LogP contribution in [0.5, 0.6) is 0 Å². The summed E-state index contributed by atoms with van der Waals surface area (Å²) < 4.78 is 5.39. The van der Waals surface area contributed by atoms with Gasteiger partial charge in [-0.2, -0.15) is 0 Å². The molecule has 0 bridgehead atoms. The average Bonchev–Trinajstić information content (AvgIpc) is 2.15. The summed E-state index contributed by atoms with van der Waals surface area (Å²) in [5.41, 5.74) is 0. The van der Waals surface area contributed by atoms with Crippen LogP contribution in [-0.2, 0) is 4.74 Å². The van der Waals surface area contributed by atoms with Gasteiger partial charge in [-0.1, -0.05) is 13.8 Å². The number of hydrogen-bond donors (Lipinski definition) is 1. The normalized spacial score (nSPS) is 24.4. The maximum Gasteiger partial charge on any atom is 0.0619 e. The number of nitrogens with one attached hydrogen (secondary N) is 1. The fourth-order valence-corrected chi connectivity index (χ4v) is 1.71. The van der Waals surface area contributed by atoms with E-state index in [-0.39, 0.29) is 0 Å². The Hall–Kier alpha value is -0.120. The van der Waals surface area contributed by atoms with Gasteiger partial charge in [0.2, 0.25) is 0 Å². The molecular weight excluding hydrogens is 176 g/mol. The minimum absolute atomic E-state index is 0.588. The van der Waals surface area contributed by atoms with Crippen LogP contribution in [0.25, 0.3) is 0 Å². The first kappa shape index (κ1) is 12.0. The summed E-state index contributed by atoms with van der Waals surface area (Å²) in [5, 5.41) is 3.47. The number of hydrogen-bond acceptors (Lipinski definition) is 3. The molecule has 1 atom stereocenters. The van der Waals surface area contributed by atoms with Crippen LogP contribution in [0.15, 0.2) is 0 Å². The van der Waals surface area contributed by atoms with Crippen molar-refractivity contribution in [2.45, 2.75) is 26.8 Å². The maximum atomic E-state index is 5.39. The number of ether oxygens (including phenoxy) is 1. The molecule has 1 heterocycles. The molecule has 84 valence electrons. The Morgan fingerprint density at radius 3 is 2.93 bits per heavy atom. The van der Waals surface area contributed by atoms with Crippen LogP contribution in [-0.4, -0.2) is 50.3 Å². The van der Waals surface area contributed by atoms with Gasteiger partial charge in [0.15, 0.2) is 0 Å². The van der Waals surface area contributed by atoms with Gasteiger partial charge in [0.25, 0.3) is 0 Å². The van der Waals surface area contributed by atoms with Crippen LogP contribution in [0.3, 0.4) is 0 Å². The SMILES string of the molecule is CC(C)CNCCN1CCOCC1C. The fraction of sp³-hybridized carbons (Fsp3) is 1.00. The zero-order chi connectivity index (χ0) is 10.4. The van der Waals surface area contributed by atoms with E-state index in [9.17, 15) is 0 Å². The molecule has 0 aliphatic carbocycles. The Kier molecular flexibility index (Phi) is 5.45. The lowest BCUT2D eigenvalue weighted by atomic mass is 10.2. The molecule has 0 radical (unpaired) electrons. The highest BCUT2D eigenvalue weighted by Gasteiger charge is 2.17. The Bertz CT molecular complexity index is 150. The molecular formula is C11H24N2O. The smallest absolute Gasteiger partial charge is 0.0619 e.